The monoisotopic (exact) mass is 537 g/mol. The van der Waals surface area contributed by atoms with Gasteiger partial charge in [-0.3, -0.25) is 4.98 Å². The number of allylic oxidation sites excluding steroid dienone is 1. The Labute approximate surface area is 229 Å². The predicted octanol–water partition coefficient (Wildman–Crippen LogP) is 5.81. The highest BCUT2D eigenvalue weighted by atomic mass is 16.5. The molecule has 0 aliphatic rings. The SMILES string of the molecule is C=C(CCC(=O)[n+]1cc(OC)c2c(c1)[nH]c1c(OC)cccc12)c1ncc(OC)c2c1[nH]c1c(OC)cccc12. The van der Waals surface area contributed by atoms with Crippen molar-refractivity contribution < 1.29 is 28.3 Å². The van der Waals surface area contributed by atoms with Crippen LogP contribution in [0.15, 0.2) is 61.6 Å². The molecule has 0 amide bonds. The number of aromatic nitrogens is 4. The molecule has 0 atom stereocenters. The Morgan fingerprint density at radius 2 is 1.40 bits per heavy atom. The Kier molecular flexibility index (Phi) is 6.26. The summed E-state index contributed by atoms with van der Waals surface area (Å²) in [5, 5.41) is 3.71. The summed E-state index contributed by atoms with van der Waals surface area (Å²) in [6, 6.07) is 11.7. The zero-order valence-corrected chi connectivity index (χ0v) is 22.8. The number of nitrogens with zero attached hydrogens (tertiary/aromatic N) is 2. The molecule has 0 fully saturated rings. The molecule has 40 heavy (non-hydrogen) atoms. The van der Waals surface area contributed by atoms with Gasteiger partial charge >= 0.3 is 5.91 Å². The van der Waals surface area contributed by atoms with Gasteiger partial charge in [-0.25, -0.2) is 4.79 Å². The number of ether oxygens (including phenoxy) is 4. The zero-order chi connectivity index (χ0) is 28.0. The first-order valence-corrected chi connectivity index (χ1v) is 12.8. The minimum atomic E-state index is -0.102. The van der Waals surface area contributed by atoms with Crippen molar-refractivity contribution in [2.24, 2.45) is 0 Å². The van der Waals surface area contributed by atoms with E-state index in [4.69, 9.17) is 18.9 Å². The van der Waals surface area contributed by atoms with Gasteiger partial charge in [0.25, 0.3) is 0 Å². The van der Waals surface area contributed by atoms with E-state index in [1.54, 1.807) is 51.6 Å². The van der Waals surface area contributed by atoms with E-state index in [0.29, 0.717) is 23.6 Å². The van der Waals surface area contributed by atoms with Gasteiger partial charge in [-0.1, -0.05) is 30.8 Å². The van der Waals surface area contributed by atoms with Crippen LogP contribution < -0.4 is 23.5 Å². The summed E-state index contributed by atoms with van der Waals surface area (Å²) in [6.45, 7) is 4.28. The molecule has 0 saturated heterocycles. The van der Waals surface area contributed by atoms with E-state index < -0.39 is 0 Å². The average Bonchev–Trinajstić information content (AvgIpc) is 3.57. The van der Waals surface area contributed by atoms with E-state index in [2.05, 4.69) is 21.5 Å². The van der Waals surface area contributed by atoms with Crippen molar-refractivity contribution in [2.45, 2.75) is 12.8 Å². The van der Waals surface area contributed by atoms with Crippen LogP contribution in [0.25, 0.3) is 49.2 Å². The van der Waals surface area contributed by atoms with E-state index in [-0.39, 0.29) is 12.3 Å². The third-order valence-corrected chi connectivity index (χ3v) is 7.33. The molecule has 0 unspecified atom stereocenters. The summed E-state index contributed by atoms with van der Waals surface area (Å²) in [4.78, 5) is 24.8. The van der Waals surface area contributed by atoms with Crippen molar-refractivity contribution >= 4 is 55.1 Å². The lowest BCUT2D eigenvalue weighted by atomic mass is 10.0. The minimum Gasteiger partial charge on any atom is -0.495 e. The lowest BCUT2D eigenvalue weighted by molar-refractivity contribution is -0.573. The third kappa shape index (κ3) is 3.89. The Bertz CT molecular complexity index is 1950. The van der Waals surface area contributed by atoms with Gasteiger partial charge in [0.05, 0.1) is 74.1 Å². The molecule has 4 heterocycles. The predicted molar refractivity (Wildman–Crippen MR) is 155 cm³/mol. The number of hydrogen-bond acceptors (Lipinski definition) is 6. The lowest BCUT2D eigenvalue weighted by Gasteiger charge is -2.08. The van der Waals surface area contributed by atoms with E-state index in [0.717, 1.165) is 60.7 Å². The number of methoxy groups -OCH3 is 4. The molecule has 6 rings (SSSR count). The third-order valence-electron chi connectivity index (χ3n) is 7.33. The second-order valence-electron chi connectivity index (χ2n) is 9.46. The maximum atomic E-state index is 13.4. The Morgan fingerprint density at radius 1 is 0.775 bits per heavy atom. The number of pyridine rings is 2. The van der Waals surface area contributed by atoms with Gasteiger partial charge in [0.1, 0.15) is 22.8 Å². The number of hydrogen-bond donors (Lipinski definition) is 2. The number of carbonyl (C=O) groups excluding carboxylic acids is 1. The van der Waals surface area contributed by atoms with Gasteiger partial charge in [0.2, 0.25) is 12.4 Å². The molecule has 0 aliphatic carbocycles. The van der Waals surface area contributed by atoms with Crippen molar-refractivity contribution in [3.8, 4) is 23.0 Å². The molecule has 4 aromatic heterocycles. The van der Waals surface area contributed by atoms with Crippen LogP contribution in [0.1, 0.15) is 23.3 Å². The fourth-order valence-electron chi connectivity index (χ4n) is 5.38. The summed E-state index contributed by atoms with van der Waals surface area (Å²) in [6.07, 6.45) is 5.83. The van der Waals surface area contributed by atoms with Gasteiger partial charge in [-0.05, 0) is 24.1 Å². The topological polar surface area (TPSA) is 102 Å². The summed E-state index contributed by atoms with van der Waals surface area (Å²) in [7, 11) is 6.48. The summed E-state index contributed by atoms with van der Waals surface area (Å²) in [5.74, 6) is 2.58. The average molecular weight is 538 g/mol. The maximum absolute atomic E-state index is 13.4. The van der Waals surface area contributed by atoms with Crippen LogP contribution in [0.4, 0.5) is 0 Å². The quantitative estimate of drug-likeness (QED) is 0.238. The molecule has 202 valence electrons. The summed E-state index contributed by atoms with van der Waals surface area (Å²) < 4.78 is 23.9. The minimum absolute atomic E-state index is 0.102. The number of carbonyl (C=O) groups is 1. The molecule has 6 aromatic rings. The molecule has 9 nitrogen and oxygen atoms in total. The number of para-hydroxylation sites is 2. The van der Waals surface area contributed by atoms with Crippen LogP contribution in [0.2, 0.25) is 0 Å². The van der Waals surface area contributed by atoms with Crippen LogP contribution in [0.3, 0.4) is 0 Å². The Morgan fingerprint density at radius 3 is 2.05 bits per heavy atom. The highest BCUT2D eigenvalue weighted by molar-refractivity contribution is 6.14. The Hall–Kier alpha value is -5.05. The van der Waals surface area contributed by atoms with Crippen LogP contribution in [-0.2, 0) is 0 Å². The first-order valence-electron chi connectivity index (χ1n) is 12.8. The van der Waals surface area contributed by atoms with Crippen molar-refractivity contribution in [2.75, 3.05) is 28.4 Å². The van der Waals surface area contributed by atoms with Crippen LogP contribution in [-0.4, -0.2) is 49.3 Å². The van der Waals surface area contributed by atoms with Gasteiger partial charge in [0.15, 0.2) is 5.75 Å². The maximum Gasteiger partial charge on any atom is 0.392 e. The molecular weight excluding hydrogens is 508 g/mol. The van der Waals surface area contributed by atoms with Crippen molar-refractivity contribution in [3.63, 3.8) is 0 Å². The summed E-state index contributed by atoms with van der Waals surface area (Å²) >= 11 is 0. The number of nitrogens with one attached hydrogen (secondary N) is 2. The second-order valence-corrected chi connectivity index (χ2v) is 9.46. The molecule has 0 spiro atoms. The fourth-order valence-corrected chi connectivity index (χ4v) is 5.38. The van der Waals surface area contributed by atoms with Crippen molar-refractivity contribution in [1.29, 1.82) is 0 Å². The molecule has 2 N–H and O–H groups in total. The fraction of sp³-hybridized carbons (Fsp3) is 0.194. The number of benzene rings is 2. The van der Waals surface area contributed by atoms with Gasteiger partial charge in [-0.15, -0.1) is 4.57 Å². The first-order chi connectivity index (χ1) is 19.5. The van der Waals surface area contributed by atoms with Crippen LogP contribution >= 0.6 is 0 Å². The van der Waals surface area contributed by atoms with E-state index in [1.807, 2.05) is 36.4 Å². The normalized spacial score (nSPS) is 11.4. The first kappa shape index (κ1) is 25.2. The molecular formula is C31H29N4O5+. The van der Waals surface area contributed by atoms with Gasteiger partial charge in [-0.2, -0.15) is 0 Å². The summed E-state index contributed by atoms with van der Waals surface area (Å²) in [5.41, 5.74) is 4.68. The molecule has 0 radical (unpaired) electrons. The highest BCUT2D eigenvalue weighted by Gasteiger charge is 2.24. The molecule has 9 heteroatoms. The Balaban J connectivity index is 1.33. The number of fused-ring (bicyclic) bond motifs is 6. The molecule has 0 saturated carbocycles. The van der Waals surface area contributed by atoms with Crippen molar-refractivity contribution in [1.82, 2.24) is 15.0 Å². The van der Waals surface area contributed by atoms with Crippen LogP contribution in [0, 0.1) is 0 Å². The van der Waals surface area contributed by atoms with E-state index in [1.165, 1.54) is 0 Å². The number of H-pyrrole nitrogens is 2. The number of rotatable bonds is 8. The highest BCUT2D eigenvalue weighted by Crippen LogP contribution is 2.39. The van der Waals surface area contributed by atoms with Gasteiger partial charge in [0, 0.05) is 10.8 Å². The largest absolute Gasteiger partial charge is 0.495 e. The lowest BCUT2D eigenvalue weighted by Crippen LogP contribution is -2.41. The second kappa shape index (κ2) is 9.92. The standard InChI is InChI=1S/C31H28N4O5/c1-17(28-31-27(23(39-4)14-32-28)19-9-7-11-22(38-3)30(19)34-31)12-13-25(36)35-15-20-26(24(16-35)40-5)18-8-6-10-21(37-2)29(18)33-20/h6-11,14-16H,1,12-13H2,2-5H3,(H,32,34)/p+1. The van der Waals surface area contributed by atoms with E-state index >= 15 is 0 Å². The number of aromatic amines is 2. The van der Waals surface area contributed by atoms with Crippen LogP contribution in [0.5, 0.6) is 23.0 Å². The molecule has 0 bridgehead atoms. The molecule has 0 aliphatic heterocycles. The van der Waals surface area contributed by atoms with Crippen molar-refractivity contribution in [3.05, 3.63) is 67.3 Å². The smallest absolute Gasteiger partial charge is 0.392 e. The van der Waals surface area contributed by atoms with Gasteiger partial charge < -0.3 is 28.9 Å². The zero-order valence-electron chi connectivity index (χ0n) is 22.8. The molecule has 2 aromatic carbocycles. The van der Waals surface area contributed by atoms with E-state index in [9.17, 15) is 4.79 Å².